The molecular formula is C14H11FINO. The Morgan fingerprint density at radius 1 is 1.33 bits per heavy atom. The molecule has 1 aromatic heterocycles. The summed E-state index contributed by atoms with van der Waals surface area (Å²) in [6.45, 7) is 1.81. The van der Waals surface area contributed by atoms with Crippen molar-refractivity contribution in [2.24, 2.45) is 0 Å². The van der Waals surface area contributed by atoms with Crippen LogP contribution in [0.15, 0.2) is 42.6 Å². The van der Waals surface area contributed by atoms with Gasteiger partial charge in [-0.1, -0.05) is 6.07 Å². The van der Waals surface area contributed by atoms with E-state index in [1.807, 2.05) is 47.7 Å². The van der Waals surface area contributed by atoms with Gasteiger partial charge in [-0.05, 0) is 59.8 Å². The number of aromatic nitrogens is 1. The summed E-state index contributed by atoms with van der Waals surface area (Å²) in [4.78, 5) is 16.5. The van der Waals surface area contributed by atoms with Crippen molar-refractivity contribution in [1.82, 2.24) is 4.98 Å². The van der Waals surface area contributed by atoms with E-state index in [9.17, 15) is 9.18 Å². The molecule has 0 saturated carbocycles. The summed E-state index contributed by atoms with van der Waals surface area (Å²) in [7, 11) is 0. The first-order valence-electron chi connectivity index (χ1n) is 5.50. The Morgan fingerprint density at radius 2 is 2.11 bits per heavy atom. The number of Topliss-reactive ketones (excluding diaryl/α,β-unsaturated/α-hetero) is 1. The van der Waals surface area contributed by atoms with E-state index < -0.39 is 0 Å². The van der Waals surface area contributed by atoms with E-state index >= 15 is 0 Å². The van der Waals surface area contributed by atoms with Crippen molar-refractivity contribution in [2.45, 2.75) is 12.8 Å². The maximum atomic E-state index is 13.0. The van der Waals surface area contributed by atoms with Gasteiger partial charge in [0.05, 0.1) is 11.6 Å². The number of carbonyl (C=O) groups is 1. The number of ketones is 1. The van der Waals surface area contributed by atoms with E-state index in [2.05, 4.69) is 4.98 Å². The monoisotopic (exact) mass is 355 g/mol. The van der Waals surface area contributed by atoms with E-state index in [0.717, 1.165) is 5.69 Å². The normalized spacial score (nSPS) is 12.2. The third-order valence-corrected chi connectivity index (χ3v) is 3.61. The lowest BCUT2D eigenvalue weighted by atomic mass is 9.96. The molecule has 2 nitrogen and oxygen atoms in total. The molecule has 0 amide bonds. The van der Waals surface area contributed by atoms with Crippen molar-refractivity contribution in [1.29, 1.82) is 0 Å². The van der Waals surface area contributed by atoms with Gasteiger partial charge in [-0.15, -0.1) is 0 Å². The molecule has 0 saturated heterocycles. The third-order valence-electron chi connectivity index (χ3n) is 2.72. The van der Waals surface area contributed by atoms with Gasteiger partial charge in [0.2, 0.25) is 0 Å². The van der Waals surface area contributed by atoms with Gasteiger partial charge in [-0.2, -0.15) is 0 Å². The second kappa shape index (κ2) is 5.56. The van der Waals surface area contributed by atoms with Crippen LogP contribution < -0.4 is 0 Å². The van der Waals surface area contributed by atoms with Crippen LogP contribution in [0.3, 0.4) is 0 Å². The van der Waals surface area contributed by atoms with Gasteiger partial charge in [0, 0.05) is 15.3 Å². The minimum absolute atomic E-state index is 0.0434. The highest BCUT2D eigenvalue weighted by molar-refractivity contribution is 14.1. The molecule has 92 valence electrons. The van der Waals surface area contributed by atoms with Gasteiger partial charge in [-0.25, -0.2) is 4.39 Å². The predicted octanol–water partition coefficient (Wildman–Crippen LogP) is 3.81. The Bertz CT molecular complexity index is 571. The van der Waals surface area contributed by atoms with Crippen molar-refractivity contribution >= 4 is 28.4 Å². The van der Waals surface area contributed by atoms with Crippen LogP contribution in [0.5, 0.6) is 0 Å². The molecule has 0 aliphatic rings. The Labute approximate surface area is 118 Å². The molecule has 2 aromatic rings. The fourth-order valence-corrected chi connectivity index (χ4v) is 2.43. The molecule has 0 N–H and O–H groups in total. The molecule has 1 aromatic carbocycles. The summed E-state index contributed by atoms with van der Waals surface area (Å²) in [6, 6.07) is 9.67. The highest BCUT2D eigenvalue weighted by Gasteiger charge is 2.20. The summed E-state index contributed by atoms with van der Waals surface area (Å²) in [5.41, 5.74) is 1.26. The van der Waals surface area contributed by atoms with Gasteiger partial charge in [-0.3, -0.25) is 9.78 Å². The molecule has 0 fully saturated rings. The van der Waals surface area contributed by atoms with Crippen LogP contribution in [0.2, 0.25) is 0 Å². The van der Waals surface area contributed by atoms with Crippen LogP contribution in [0.4, 0.5) is 4.39 Å². The van der Waals surface area contributed by atoms with Gasteiger partial charge in [0.15, 0.2) is 5.78 Å². The lowest BCUT2D eigenvalue weighted by molar-refractivity contribution is 0.0963. The van der Waals surface area contributed by atoms with Crippen molar-refractivity contribution < 1.29 is 9.18 Å². The number of halogens is 2. The minimum atomic E-state index is -0.332. The SMILES string of the molecule is CC(C(=O)c1ccc(F)cc1I)c1ccccn1. The van der Waals surface area contributed by atoms with Crippen molar-refractivity contribution in [3.63, 3.8) is 0 Å². The van der Waals surface area contributed by atoms with Gasteiger partial charge in [0.1, 0.15) is 5.82 Å². The van der Waals surface area contributed by atoms with E-state index in [4.69, 9.17) is 0 Å². The van der Waals surface area contributed by atoms with Crippen LogP contribution in [0.1, 0.15) is 28.9 Å². The van der Waals surface area contributed by atoms with Crippen molar-refractivity contribution in [2.75, 3.05) is 0 Å². The highest BCUT2D eigenvalue weighted by atomic mass is 127. The van der Waals surface area contributed by atoms with E-state index in [-0.39, 0.29) is 17.5 Å². The van der Waals surface area contributed by atoms with Gasteiger partial charge >= 0.3 is 0 Å². The average Bonchev–Trinajstić information content (AvgIpc) is 2.38. The molecule has 1 unspecified atom stereocenters. The molecule has 2 rings (SSSR count). The topological polar surface area (TPSA) is 30.0 Å². The second-order valence-corrected chi connectivity index (χ2v) is 5.13. The number of benzene rings is 1. The number of carbonyl (C=O) groups excluding carboxylic acids is 1. The minimum Gasteiger partial charge on any atom is -0.293 e. The van der Waals surface area contributed by atoms with Crippen LogP contribution >= 0.6 is 22.6 Å². The Hall–Kier alpha value is -1.30. The molecule has 18 heavy (non-hydrogen) atoms. The zero-order valence-corrected chi connectivity index (χ0v) is 11.9. The fraction of sp³-hybridized carbons (Fsp3) is 0.143. The third kappa shape index (κ3) is 2.75. The molecule has 0 bridgehead atoms. The first kappa shape index (κ1) is 13.1. The molecule has 4 heteroatoms. The highest BCUT2D eigenvalue weighted by Crippen LogP contribution is 2.22. The maximum absolute atomic E-state index is 13.0. The summed E-state index contributed by atoms with van der Waals surface area (Å²) < 4.78 is 13.6. The lowest BCUT2D eigenvalue weighted by Crippen LogP contribution is -2.12. The molecule has 1 heterocycles. The van der Waals surface area contributed by atoms with Gasteiger partial charge < -0.3 is 0 Å². The number of pyridine rings is 1. The predicted molar refractivity (Wildman–Crippen MR) is 76.1 cm³/mol. The number of rotatable bonds is 3. The zero-order valence-electron chi connectivity index (χ0n) is 9.73. The molecular weight excluding hydrogens is 344 g/mol. The van der Waals surface area contributed by atoms with Gasteiger partial charge in [0.25, 0.3) is 0 Å². The molecule has 0 radical (unpaired) electrons. The number of nitrogens with zero attached hydrogens (tertiary/aromatic N) is 1. The van der Waals surface area contributed by atoms with E-state index in [0.29, 0.717) is 9.13 Å². The Morgan fingerprint density at radius 3 is 2.72 bits per heavy atom. The molecule has 0 spiro atoms. The summed E-state index contributed by atoms with van der Waals surface area (Å²) in [5, 5.41) is 0. The summed E-state index contributed by atoms with van der Waals surface area (Å²) in [5.74, 6) is -0.704. The first-order chi connectivity index (χ1) is 8.59. The van der Waals surface area contributed by atoms with Crippen molar-refractivity contribution in [3.05, 3.63) is 63.2 Å². The standard InChI is InChI=1S/C14H11FINO/c1-9(13-4-2-3-7-17-13)14(18)11-6-5-10(15)8-12(11)16/h2-9H,1H3. The van der Waals surface area contributed by atoms with Crippen molar-refractivity contribution in [3.8, 4) is 0 Å². The smallest absolute Gasteiger partial charge is 0.172 e. The van der Waals surface area contributed by atoms with Crippen LogP contribution in [-0.4, -0.2) is 10.8 Å². The summed E-state index contributed by atoms with van der Waals surface area (Å²) in [6.07, 6.45) is 1.66. The zero-order chi connectivity index (χ0) is 13.1. The van der Waals surface area contributed by atoms with E-state index in [1.165, 1.54) is 18.2 Å². The quantitative estimate of drug-likeness (QED) is 0.619. The molecule has 0 aliphatic carbocycles. The van der Waals surface area contributed by atoms with Crippen LogP contribution in [-0.2, 0) is 0 Å². The van der Waals surface area contributed by atoms with Crippen LogP contribution in [0, 0.1) is 9.39 Å². The Balaban J connectivity index is 2.32. The Kier molecular flexibility index (Phi) is 4.06. The second-order valence-electron chi connectivity index (χ2n) is 3.96. The lowest BCUT2D eigenvalue weighted by Gasteiger charge is -2.11. The number of hydrogen-bond acceptors (Lipinski definition) is 2. The average molecular weight is 355 g/mol. The fourth-order valence-electron chi connectivity index (χ4n) is 1.69. The van der Waals surface area contributed by atoms with Crippen LogP contribution in [0.25, 0.3) is 0 Å². The van der Waals surface area contributed by atoms with E-state index in [1.54, 1.807) is 6.20 Å². The molecule has 0 aliphatic heterocycles. The maximum Gasteiger partial charge on any atom is 0.172 e. The number of hydrogen-bond donors (Lipinski definition) is 0. The molecule has 1 atom stereocenters. The summed E-state index contributed by atoms with van der Waals surface area (Å²) >= 11 is 1.97. The first-order valence-corrected chi connectivity index (χ1v) is 6.57. The largest absolute Gasteiger partial charge is 0.293 e.